The van der Waals surface area contributed by atoms with Gasteiger partial charge in [0, 0.05) is 43.3 Å². The van der Waals surface area contributed by atoms with Crippen LogP contribution in [0.3, 0.4) is 0 Å². The van der Waals surface area contributed by atoms with Gasteiger partial charge in [-0.05, 0) is 49.3 Å². The molecule has 0 unspecified atom stereocenters. The largest absolute Gasteiger partial charge is 0.356 e. The highest BCUT2D eigenvalue weighted by molar-refractivity contribution is 14.0. The molecule has 1 aliphatic rings. The molecule has 1 aliphatic heterocycles. The second kappa shape index (κ2) is 12.4. The van der Waals surface area contributed by atoms with Gasteiger partial charge in [-0.15, -0.1) is 24.0 Å². The van der Waals surface area contributed by atoms with Crippen LogP contribution >= 0.6 is 47.2 Å². The molecular formula is C18H29Cl2IN4O2S. The molecule has 2 N–H and O–H groups in total. The first-order valence-electron chi connectivity index (χ1n) is 9.13. The summed E-state index contributed by atoms with van der Waals surface area (Å²) < 4.78 is 24.7. The van der Waals surface area contributed by atoms with Crippen molar-refractivity contribution >= 4 is 63.2 Å². The Morgan fingerprint density at radius 2 is 1.93 bits per heavy atom. The summed E-state index contributed by atoms with van der Waals surface area (Å²) in [6.45, 7) is 2.77. The quantitative estimate of drug-likeness (QED) is 0.231. The lowest BCUT2D eigenvalue weighted by molar-refractivity contribution is 0.275. The van der Waals surface area contributed by atoms with Crippen LogP contribution in [0.25, 0.3) is 0 Å². The van der Waals surface area contributed by atoms with Gasteiger partial charge < -0.3 is 10.6 Å². The Labute approximate surface area is 195 Å². The summed E-state index contributed by atoms with van der Waals surface area (Å²) in [4.78, 5) is 4.24. The Balaban J connectivity index is 0.00000392. The molecule has 0 amide bonds. The van der Waals surface area contributed by atoms with Crippen molar-refractivity contribution in [1.82, 2.24) is 14.9 Å². The van der Waals surface area contributed by atoms with Gasteiger partial charge in [0.25, 0.3) is 0 Å². The molecule has 0 aliphatic carbocycles. The average molecular weight is 563 g/mol. The average Bonchev–Trinajstić information content (AvgIpc) is 2.62. The van der Waals surface area contributed by atoms with Crippen molar-refractivity contribution in [2.75, 3.05) is 39.5 Å². The number of nitrogens with zero attached hydrogens (tertiary/aromatic N) is 2. The normalized spacial score (nSPS) is 16.5. The molecule has 2 rings (SSSR count). The lowest BCUT2D eigenvalue weighted by Gasteiger charge is -2.30. The molecule has 1 aromatic carbocycles. The van der Waals surface area contributed by atoms with Gasteiger partial charge in [0.05, 0.1) is 6.26 Å². The van der Waals surface area contributed by atoms with Crippen LogP contribution in [0.5, 0.6) is 0 Å². The zero-order chi connectivity index (χ0) is 19.9. The summed E-state index contributed by atoms with van der Waals surface area (Å²) in [7, 11) is -1.32. The minimum atomic E-state index is -3.07. The highest BCUT2D eigenvalue weighted by Gasteiger charge is 2.24. The van der Waals surface area contributed by atoms with E-state index in [-0.39, 0.29) is 24.0 Å². The van der Waals surface area contributed by atoms with E-state index in [0.29, 0.717) is 29.1 Å². The molecule has 6 nitrogen and oxygen atoms in total. The van der Waals surface area contributed by atoms with Crippen molar-refractivity contribution in [3.63, 3.8) is 0 Å². The summed E-state index contributed by atoms with van der Waals surface area (Å²) in [6.07, 6.45) is 4.80. The minimum absolute atomic E-state index is 0. The van der Waals surface area contributed by atoms with Crippen LogP contribution in [-0.4, -0.2) is 58.2 Å². The SMILES string of the molecule is CN=C(NCCCc1ccc(Cl)cc1Cl)NCC1CCN(S(C)(=O)=O)CC1.I. The molecule has 0 radical (unpaired) electrons. The maximum Gasteiger partial charge on any atom is 0.211 e. The van der Waals surface area contributed by atoms with Crippen molar-refractivity contribution < 1.29 is 8.42 Å². The number of guanidine groups is 1. The van der Waals surface area contributed by atoms with Crippen LogP contribution in [0.15, 0.2) is 23.2 Å². The highest BCUT2D eigenvalue weighted by atomic mass is 127. The Morgan fingerprint density at radius 1 is 1.25 bits per heavy atom. The maximum atomic E-state index is 11.6. The molecule has 0 atom stereocenters. The maximum absolute atomic E-state index is 11.6. The number of piperidine rings is 1. The Morgan fingerprint density at radius 3 is 2.50 bits per heavy atom. The molecule has 1 heterocycles. The smallest absolute Gasteiger partial charge is 0.211 e. The van der Waals surface area contributed by atoms with Crippen molar-refractivity contribution in [2.45, 2.75) is 25.7 Å². The molecule has 0 aromatic heterocycles. The van der Waals surface area contributed by atoms with E-state index in [4.69, 9.17) is 23.2 Å². The molecular weight excluding hydrogens is 534 g/mol. The van der Waals surface area contributed by atoms with Crippen LogP contribution in [-0.2, 0) is 16.4 Å². The molecule has 10 heteroatoms. The first-order valence-corrected chi connectivity index (χ1v) is 11.7. The van der Waals surface area contributed by atoms with Crippen LogP contribution in [0.1, 0.15) is 24.8 Å². The van der Waals surface area contributed by atoms with Gasteiger partial charge in [-0.2, -0.15) is 0 Å². The van der Waals surface area contributed by atoms with Gasteiger partial charge in [-0.1, -0.05) is 29.3 Å². The number of aryl methyl sites for hydroxylation is 1. The van der Waals surface area contributed by atoms with E-state index >= 15 is 0 Å². The van der Waals surface area contributed by atoms with E-state index in [1.54, 1.807) is 17.4 Å². The molecule has 28 heavy (non-hydrogen) atoms. The van der Waals surface area contributed by atoms with E-state index in [1.165, 1.54) is 6.26 Å². The van der Waals surface area contributed by atoms with Crippen molar-refractivity contribution in [1.29, 1.82) is 0 Å². The number of benzene rings is 1. The monoisotopic (exact) mass is 562 g/mol. The number of hydrogen-bond acceptors (Lipinski definition) is 3. The lowest BCUT2D eigenvalue weighted by atomic mass is 9.98. The van der Waals surface area contributed by atoms with Crippen LogP contribution in [0.2, 0.25) is 10.0 Å². The van der Waals surface area contributed by atoms with E-state index in [2.05, 4.69) is 15.6 Å². The van der Waals surface area contributed by atoms with Gasteiger partial charge >= 0.3 is 0 Å². The third-order valence-corrected chi connectivity index (χ3v) is 6.64. The zero-order valence-electron chi connectivity index (χ0n) is 16.2. The van der Waals surface area contributed by atoms with E-state index in [9.17, 15) is 8.42 Å². The van der Waals surface area contributed by atoms with Gasteiger partial charge in [0.1, 0.15) is 0 Å². The summed E-state index contributed by atoms with van der Waals surface area (Å²) in [6, 6.07) is 5.58. The molecule has 160 valence electrons. The molecule has 0 bridgehead atoms. The number of aliphatic imine (C=N–C) groups is 1. The fourth-order valence-electron chi connectivity index (χ4n) is 3.12. The second-order valence-electron chi connectivity index (χ2n) is 6.82. The number of nitrogens with one attached hydrogen (secondary N) is 2. The van der Waals surface area contributed by atoms with Gasteiger partial charge in [0.2, 0.25) is 10.0 Å². The van der Waals surface area contributed by atoms with Crippen LogP contribution < -0.4 is 10.6 Å². The predicted octanol–water partition coefficient (Wildman–Crippen LogP) is 3.38. The standard InChI is InChI=1S/C18H28Cl2N4O2S.HI/c1-21-18(22-9-3-4-15-5-6-16(19)12-17(15)20)23-13-14-7-10-24(11-8-14)27(2,25)26;/h5-6,12,14H,3-4,7-11,13H2,1-2H3,(H2,21,22,23);1H. The zero-order valence-corrected chi connectivity index (χ0v) is 20.9. The van der Waals surface area contributed by atoms with Crippen LogP contribution in [0, 0.1) is 5.92 Å². The van der Waals surface area contributed by atoms with Crippen molar-refractivity contribution in [3.8, 4) is 0 Å². The predicted molar refractivity (Wildman–Crippen MR) is 129 cm³/mol. The minimum Gasteiger partial charge on any atom is -0.356 e. The second-order valence-corrected chi connectivity index (χ2v) is 9.65. The van der Waals surface area contributed by atoms with Gasteiger partial charge in [-0.3, -0.25) is 4.99 Å². The molecule has 0 saturated carbocycles. The third kappa shape index (κ3) is 8.61. The summed E-state index contributed by atoms with van der Waals surface area (Å²) in [5.74, 6) is 1.22. The molecule has 1 saturated heterocycles. The van der Waals surface area contributed by atoms with E-state index < -0.39 is 10.0 Å². The number of halogens is 3. The number of rotatable bonds is 7. The lowest BCUT2D eigenvalue weighted by Crippen LogP contribution is -2.44. The molecule has 1 fully saturated rings. The summed E-state index contributed by atoms with van der Waals surface area (Å²) >= 11 is 12.1. The fourth-order valence-corrected chi connectivity index (χ4v) is 4.49. The Bertz CT molecular complexity index is 754. The topological polar surface area (TPSA) is 73.8 Å². The fraction of sp³-hybridized carbons (Fsp3) is 0.611. The first kappa shape index (κ1) is 25.7. The first-order chi connectivity index (χ1) is 12.8. The number of hydrogen-bond donors (Lipinski definition) is 2. The van der Waals surface area contributed by atoms with Gasteiger partial charge in [0.15, 0.2) is 5.96 Å². The third-order valence-electron chi connectivity index (χ3n) is 4.75. The summed E-state index contributed by atoms with van der Waals surface area (Å²) in [5.41, 5.74) is 1.09. The van der Waals surface area contributed by atoms with E-state index in [1.807, 2.05) is 12.1 Å². The van der Waals surface area contributed by atoms with Crippen molar-refractivity contribution in [3.05, 3.63) is 33.8 Å². The van der Waals surface area contributed by atoms with E-state index in [0.717, 1.165) is 50.3 Å². The molecule has 0 spiro atoms. The summed E-state index contributed by atoms with van der Waals surface area (Å²) in [5, 5.41) is 7.99. The molecule has 1 aromatic rings. The van der Waals surface area contributed by atoms with Gasteiger partial charge in [-0.25, -0.2) is 12.7 Å². The van der Waals surface area contributed by atoms with Crippen LogP contribution in [0.4, 0.5) is 0 Å². The Hall–Kier alpha value is -0.290. The highest BCUT2D eigenvalue weighted by Crippen LogP contribution is 2.22. The number of sulfonamides is 1. The Kier molecular flexibility index (Phi) is 11.4. The van der Waals surface area contributed by atoms with Crippen molar-refractivity contribution in [2.24, 2.45) is 10.9 Å².